The number of benzene rings is 2. The summed E-state index contributed by atoms with van der Waals surface area (Å²) in [6.07, 6.45) is 3.36. The molecule has 0 saturated carbocycles. The quantitative estimate of drug-likeness (QED) is 0.453. The minimum Gasteiger partial charge on any atom is -0.478 e. The molecule has 2 aromatic carbocycles. The van der Waals surface area contributed by atoms with E-state index in [0.717, 1.165) is 16.8 Å². The Bertz CT molecular complexity index is 1160. The van der Waals surface area contributed by atoms with Gasteiger partial charge in [0, 0.05) is 29.2 Å². The van der Waals surface area contributed by atoms with Gasteiger partial charge in [-0.15, -0.1) is 10.2 Å². The fourth-order valence-corrected chi connectivity index (χ4v) is 2.72. The second-order valence-electron chi connectivity index (χ2n) is 5.93. The number of nitrogens with zero attached hydrogens (tertiary/aromatic N) is 4. The Hall–Kier alpha value is -4.13. The summed E-state index contributed by atoms with van der Waals surface area (Å²) >= 11 is 0. The van der Waals surface area contributed by atoms with Gasteiger partial charge in [0.25, 0.3) is 0 Å². The predicted molar refractivity (Wildman–Crippen MR) is 107 cm³/mol. The Morgan fingerprint density at radius 3 is 2.43 bits per heavy atom. The third-order valence-corrected chi connectivity index (χ3v) is 4.07. The molecule has 0 amide bonds. The standard InChI is InChI=1S/C21H15N5O2/c27-21(28)14-6-8-15(9-7-14)24-17-10-11-18(20-16(17)4-3-13-23-20)25-26-19-5-1-2-12-22-19/h1-13,24H,(H,27,28). The van der Waals surface area contributed by atoms with Crippen molar-refractivity contribution < 1.29 is 9.90 Å². The van der Waals surface area contributed by atoms with E-state index in [0.29, 0.717) is 17.0 Å². The van der Waals surface area contributed by atoms with Crippen molar-refractivity contribution in [3.63, 3.8) is 0 Å². The number of aromatic nitrogens is 2. The van der Waals surface area contributed by atoms with Crippen LogP contribution in [0.15, 0.2) is 89.4 Å². The second-order valence-corrected chi connectivity index (χ2v) is 5.93. The lowest BCUT2D eigenvalue weighted by Crippen LogP contribution is -1.97. The third-order valence-electron chi connectivity index (χ3n) is 4.07. The normalized spacial score (nSPS) is 11.0. The van der Waals surface area contributed by atoms with E-state index in [1.165, 1.54) is 0 Å². The van der Waals surface area contributed by atoms with Crippen molar-refractivity contribution in [1.82, 2.24) is 9.97 Å². The van der Waals surface area contributed by atoms with E-state index in [1.54, 1.807) is 42.7 Å². The summed E-state index contributed by atoms with van der Waals surface area (Å²) in [7, 11) is 0. The number of pyridine rings is 2. The zero-order chi connectivity index (χ0) is 19.3. The topological polar surface area (TPSA) is 99.8 Å². The van der Waals surface area contributed by atoms with E-state index >= 15 is 0 Å². The highest BCUT2D eigenvalue weighted by Crippen LogP contribution is 2.32. The maximum absolute atomic E-state index is 11.0. The smallest absolute Gasteiger partial charge is 0.335 e. The van der Waals surface area contributed by atoms with Crippen LogP contribution in [0.3, 0.4) is 0 Å². The number of carboxylic acid groups (broad SMARTS) is 1. The molecule has 0 atom stereocenters. The molecular weight excluding hydrogens is 354 g/mol. The molecule has 2 heterocycles. The van der Waals surface area contributed by atoms with Crippen LogP contribution < -0.4 is 5.32 Å². The summed E-state index contributed by atoms with van der Waals surface area (Å²) in [5.74, 6) is -0.434. The molecule has 4 rings (SSSR count). The van der Waals surface area contributed by atoms with Gasteiger partial charge in [-0.3, -0.25) is 4.98 Å². The van der Waals surface area contributed by atoms with Crippen molar-refractivity contribution in [2.24, 2.45) is 10.2 Å². The molecule has 7 nitrogen and oxygen atoms in total. The van der Waals surface area contributed by atoms with E-state index < -0.39 is 5.97 Å². The van der Waals surface area contributed by atoms with E-state index in [-0.39, 0.29) is 5.56 Å². The predicted octanol–water partition coefficient (Wildman–Crippen LogP) is 5.49. The molecule has 0 bridgehead atoms. The van der Waals surface area contributed by atoms with Crippen molar-refractivity contribution >= 4 is 39.8 Å². The van der Waals surface area contributed by atoms with Crippen molar-refractivity contribution in [2.45, 2.75) is 0 Å². The Morgan fingerprint density at radius 2 is 1.68 bits per heavy atom. The Morgan fingerprint density at radius 1 is 0.857 bits per heavy atom. The molecule has 0 aliphatic carbocycles. The first-order chi connectivity index (χ1) is 13.7. The molecule has 0 unspecified atom stereocenters. The van der Waals surface area contributed by atoms with Gasteiger partial charge in [-0.2, -0.15) is 0 Å². The van der Waals surface area contributed by atoms with Gasteiger partial charge in [-0.1, -0.05) is 6.07 Å². The highest BCUT2D eigenvalue weighted by Gasteiger charge is 2.08. The molecule has 0 aliphatic rings. The lowest BCUT2D eigenvalue weighted by molar-refractivity contribution is 0.0697. The lowest BCUT2D eigenvalue weighted by Gasteiger charge is -2.11. The summed E-state index contributed by atoms with van der Waals surface area (Å²) in [5, 5.41) is 21.6. The summed E-state index contributed by atoms with van der Waals surface area (Å²) in [5.41, 5.74) is 3.19. The Balaban J connectivity index is 1.67. The summed E-state index contributed by atoms with van der Waals surface area (Å²) in [6, 6.07) is 19.5. The highest BCUT2D eigenvalue weighted by molar-refractivity contribution is 5.99. The number of fused-ring (bicyclic) bond motifs is 1. The molecule has 7 heteroatoms. The molecule has 0 aliphatic heterocycles. The molecular formula is C21H15N5O2. The third kappa shape index (κ3) is 3.68. The first-order valence-corrected chi connectivity index (χ1v) is 8.51. The molecule has 2 N–H and O–H groups in total. The second kappa shape index (κ2) is 7.63. The summed E-state index contributed by atoms with van der Waals surface area (Å²) in [6.45, 7) is 0. The molecule has 0 fully saturated rings. The van der Waals surface area contributed by atoms with Gasteiger partial charge in [0.2, 0.25) is 0 Å². The van der Waals surface area contributed by atoms with Gasteiger partial charge in [0.1, 0.15) is 5.69 Å². The highest BCUT2D eigenvalue weighted by atomic mass is 16.4. The van der Waals surface area contributed by atoms with Gasteiger partial charge >= 0.3 is 5.97 Å². The number of carboxylic acids is 1. The fraction of sp³-hybridized carbons (Fsp3) is 0. The molecule has 136 valence electrons. The van der Waals surface area contributed by atoms with Gasteiger partial charge in [-0.25, -0.2) is 9.78 Å². The van der Waals surface area contributed by atoms with Crippen LogP contribution in [0, 0.1) is 0 Å². The first-order valence-electron chi connectivity index (χ1n) is 8.51. The number of rotatable bonds is 5. The van der Waals surface area contributed by atoms with Gasteiger partial charge in [-0.05, 0) is 60.7 Å². The van der Waals surface area contributed by atoms with Crippen molar-refractivity contribution in [3.05, 3.63) is 84.7 Å². The number of carbonyl (C=O) groups is 1. The zero-order valence-corrected chi connectivity index (χ0v) is 14.6. The van der Waals surface area contributed by atoms with Gasteiger partial charge < -0.3 is 10.4 Å². The molecule has 4 aromatic rings. The van der Waals surface area contributed by atoms with Gasteiger partial charge in [0.15, 0.2) is 5.82 Å². The van der Waals surface area contributed by atoms with Crippen molar-refractivity contribution in [1.29, 1.82) is 0 Å². The van der Waals surface area contributed by atoms with Crippen LogP contribution in [-0.2, 0) is 0 Å². The molecule has 0 radical (unpaired) electrons. The minimum atomic E-state index is -0.955. The maximum atomic E-state index is 11.0. The Kier molecular flexibility index (Phi) is 4.71. The van der Waals surface area contributed by atoms with Crippen LogP contribution in [0.5, 0.6) is 0 Å². The zero-order valence-electron chi connectivity index (χ0n) is 14.6. The first kappa shape index (κ1) is 17.3. The number of aromatic carboxylic acids is 1. The number of nitrogens with one attached hydrogen (secondary N) is 1. The van der Waals surface area contributed by atoms with Crippen LogP contribution >= 0.6 is 0 Å². The van der Waals surface area contributed by atoms with Crippen molar-refractivity contribution in [3.8, 4) is 0 Å². The SMILES string of the molecule is O=C(O)c1ccc(Nc2ccc(N=Nc3ccccn3)c3ncccc23)cc1. The maximum Gasteiger partial charge on any atom is 0.335 e. The van der Waals surface area contributed by atoms with Crippen LogP contribution in [-0.4, -0.2) is 21.0 Å². The monoisotopic (exact) mass is 369 g/mol. The molecule has 28 heavy (non-hydrogen) atoms. The number of anilines is 2. The fourth-order valence-electron chi connectivity index (χ4n) is 2.72. The van der Waals surface area contributed by atoms with E-state index in [4.69, 9.17) is 5.11 Å². The van der Waals surface area contributed by atoms with E-state index in [9.17, 15) is 4.79 Å². The largest absolute Gasteiger partial charge is 0.478 e. The number of azo groups is 1. The summed E-state index contributed by atoms with van der Waals surface area (Å²) in [4.78, 5) is 19.6. The molecule has 0 saturated heterocycles. The molecule has 0 spiro atoms. The average molecular weight is 369 g/mol. The number of hydrogen-bond donors (Lipinski definition) is 2. The average Bonchev–Trinajstić information content (AvgIpc) is 2.74. The minimum absolute atomic E-state index is 0.238. The Labute approximate surface area is 160 Å². The van der Waals surface area contributed by atoms with E-state index in [1.807, 2.05) is 36.4 Å². The lowest BCUT2D eigenvalue weighted by atomic mass is 10.1. The van der Waals surface area contributed by atoms with Gasteiger partial charge in [0.05, 0.1) is 11.1 Å². The summed E-state index contributed by atoms with van der Waals surface area (Å²) < 4.78 is 0. The van der Waals surface area contributed by atoms with Crippen molar-refractivity contribution in [2.75, 3.05) is 5.32 Å². The van der Waals surface area contributed by atoms with Crippen LogP contribution in [0.2, 0.25) is 0 Å². The van der Waals surface area contributed by atoms with Crippen LogP contribution in [0.4, 0.5) is 22.9 Å². The van der Waals surface area contributed by atoms with E-state index in [2.05, 4.69) is 25.5 Å². The number of hydrogen-bond acceptors (Lipinski definition) is 6. The van der Waals surface area contributed by atoms with Crippen LogP contribution in [0.25, 0.3) is 10.9 Å². The van der Waals surface area contributed by atoms with Crippen LogP contribution in [0.1, 0.15) is 10.4 Å². The molecule has 2 aromatic heterocycles.